The lowest BCUT2D eigenvalue weighted by Crippen LogP contribution is -2.41. The first-order chi connectivity index (χ1) is 10.5. The Labute approximate surface area is 133 Å². The van der Waals surface area contributed by atoms with E-state index in [0.717, 1.165) is 6.07 Å². The van der Waals surface area contributed by atoms with E-state index in [-0.39, 0.29) is 11.0 Å². The molecule has 0 radical (unpaired) electrons. The molecule has 2 rings (SSSR count). The van der Waals surface area contributed by atoms with Gasteiger partial charge in [0.25, 0.3) is 12.3 Å². The standard InChI is InChI=1S/C15H19BF3NO3/c1-14(2)15(3,4)23-16(22-14)10-7-8(13(21)20-5)6-9(11(10)17)12(18)19/h6-7,12H,1-5H3,(H,20,21). The first-order valence-electron chi connectivity index (χ1n) is 7.19. The Kier molecular flexibility index (Phi) is 4.52. The zero-order valence-corrected chi connectivity index (χ0v) is 13.7. The van der Waals surface area contributed by atoms with Gasteiger partial charge in [-0.15, -0.1) is 0 Å². The number of rotatable bonds is 3. The SMILES string of the molecule is CNC(=O)c1cc(B2OC(C)(C)C(C)(C)O2)c(F)c(C(F)F)c1. The smallest absolute Gasteiger partial charge is 0.399 e. The summed E-state index contributed by atoms with van der Waals surface area (Å²) in [5.74, 6) is -1.71. The number of hydrogen-bond acceptors (Lipinski definition) is 3. The summed E-state index contributed by atoms with van der Waals surface area (Å²) in [6.07, 6.45) is -3.05. The second-order valence-corrected chi connectivity index (χ2v) is 6.44. The van der Waals surface area contributed by atoms with Crippen LogP contribution in [0.25, 0.3) is 0 Å². The molecule has 0 saturated carbocycles. The van der Waals surface area contributed by atoms with Gasteiger partial charge in [-0.1, -0.05) is 0 Å². The van der Waals surface area contributed by atoms with Crippen LogP contribution in [0.4, 0.5) is 13.2 Å². The number of alkyl halides is 2. The molecular weight excluding hydrogens is 310 g/mol. The molecule has 0 aromatic heterocycles. The number of halogens is 3. The molecule has 0 bridgehead atoms. The third-order valence-electron chi connectivity index (χ3n) is 4.36. The van der Waals surface area contributed by atoms with E-state index in [1.165, 1.54) is 13.1 Å². The van der Waals surface area contributed by atoms with E-state index in [9.17, 15) is 18.0 Å². The summed E-state index contributed by atoms with van der Waals surface area (Å²) in [5, 5.41) is 2.33. The van der Waals surface area contributed by atoms with Gasteiger partial charge in [-0.25, -0.2) is 13.2 Å². The minimum Gasteiger partial charge on any atom is -0.399 e. The third-order valence-corrected chi connectivity index (χ3v) is 4.36. The van der Waals surface area contributed by atoms with Crippen LogP contribution in [0.2, 0.25) is 0 Å². The van der Waals surface area contributed by atoms with E-state index < -0.39 is 42.0 Å². The van der Waals surface area contributed by atoms with E-state index in [0.29, 0.717) is 0 Å². The topological polar surface area (TPSA) is 47.6 Å². The highest BCUT2D eigenvalue weighted by atomic mass is 19.3. The molecule has 126 valence electrons. The van der Waals surface area contributed by atoms with E-state index in [1.54, 1.807) is 27.7 Å². The van der Waals surface area contributed by atoms with Crippen molar-refractivity contribution in [1.29, 1.82) is 0 Å². The maximum absolute atomic E-state index is 14.5. The van der Waals surface area contributed by atoms with E-state index in [1.807, 2.05) is 0 Å². The van der Waals surface area contributed by atoms with Gasteiger partial charge in [0.1, 0.15) is 5.82 Å². The van der Waals surface area contributed by atoms with Crippen molar-refractivity contribution in [3.8, 4) is 0 Å². The molecule has 8 heteroatoms. The Morgan fingerprint density at radius 3 is 2.13 bits per heavy atom. The van der Waals surface area contributed by atoms with Gasteiger partial charge in [0.2, 0.25) is 0 Å². The van der Waals surface area contributed by atoms with Crippen molar-refractivity contribution in [2.24, 2.45) is 0 Å². The average molecular weight is 329 g/mol. The summed E-state index contributed by atoms with van der Waals surface area (Å²) in [4.78, 5) is 11.8. The summed E-state index contributed by atoms with van der Waals surface area (Å²) in [6.45, 7) is 7.06. The molecule has 4 nitrogen and oxygen atoms in total. The molecule has 0 spiro atoms. The van der Waals surface area contributed by atoms with Crippen LogP contribution < -0.4 is 10.8 Å². The number of hydrogen-bond donors (Lipinski definition) is 1. The van der Waals surface area contributed by atoms with Crippen molar-refractivity contribution in [2.75, 3.05) is 7.05 Å². The molecule has 1 saturated heterocycles. The highest BCUT2D eigenvalue weighted by molar-refractivity contribution is 6.62. The van der Waals surface area contributed by atoms with E-state index >= 15 is 0 Å². The summed E-state index contributed by atoms with van der Waals surface area (Å²) < 4.78 is 52.0. The number of carbonyl (C=O) groups excluding carboxylic acids is 1. The summed E-state index contributed by atoms with van der Waals surface area (Å²) >= 11 is 0. The first kappa shape index (κ1) is 17.8. The molecule has 23 heavy (non-hydrogen) atoms. The molecule has 1 aromatic carbocycles. The van der Waals surface area contributed by atoms with Gasteiger partial charge in [-0.05, 0) is 39.8 Å². The van der Waals surface area contributed by atoms with Crippen molar-refractivity contribution >= 4 is 18.5 Å². The Balaban J connectivity index is 2.54. The fourth-order valence-electron chi connectivity index (χ4n) is 2.25. The van der Waals surface area contributed by atoms with Crippen LogP contribution in [-0.2, 0) is 9.31 Å². The zero-order valence-electron chi connectivity index (χ0n) is 13.7. The summed E-state index contributed by atoms with van der Waals surface area (Å²) in [5.41, 5.74) is -2.64. The zero-order chi connectivity index (χ0) is 17.6. The van der Waals surface area contributed by atoms with Crippen LogP contribution in [0, 0.1) is 5.82 Å². The number of nitrogens with one attached hydrogen (secondary N) is 1. The predicted molar refractivity (Wildman–Crippen MR) is 80.5 cm³/mol. The van der Waals surface area contributed by atoms with Gasteiger partial charge in [-0.2, -0.15) is 0 Å². The maximum atomic E-state index is 14.5. The molecule has 1 aromatic rings. The Hall–Kier alpha value is -1.54. The molecule has 0 atom stereocenters. The fourth-order valence-corrected chi connectivity index (χ4v) is 2.25. The second-order valence-electron chi connectivity index (χ2n) is 6.44. The van der Waals surface area contributed by atoms with Crippen LogP contribution in [0.5, 0.6) is 0 Å². The van der Waals surface area contributed by atoms with E-state index in [2.05, 4.69) is 5.32 Å². The van der Waals surface area contributed by atoms with Crippen LogP contribution in [0.15, 0.2) is 12.1 Å². The van der Waals surface area contributed by atoms with Gasteiger partial charge in [0.15, 0.2) is 0 Å². The van der Waals surface area contributed by atoms with Gasteiger partial charge in [0, 0.05) is 18.1 Å². The highest BCUT2D eigenvalue weighted by Crippen LogP contribution is 2.37. The Bertz CT molecular complexity index is 619. The summed E-state index contributed by atoms with van der Waals surface area (Å²) in [6, 6.07) is 2.02. The molecule has 1 aliphatic heterocycles. The lowest BCUT2D eigenvalue weighted by atomic mass is 9.76. The van der Waals surface area contributed by atoms with Crippen molar-refractivity contribution in [1.82, 2.24) is 5.32 Å². The van der Waals surface area contributed by atoms with Gasteiger partial charge < -0.3 is 14.6 Å². The second kappa shape index (κ2) is 5.83. The molecule has 1 N–H and O–H groups in total. The van der Waals surface area contributed by atoms with Gasteiger partial charge in [0.05, 0.1) is 16.8 Å². The molecule has 0 aliphatic carbocycles. The monoisotopic (exact) mass is 329 g/mol. The van der Waals surface area contributed by atoms with Crippen molar-refractivity contribution in [2.45, 2.75) is 45.3 Å². The average Bonchev–Trinajstić information content (AvgIpc) is 2.66. The number of carbonyl (C=O) groups is 1. The highest BCUT2D eigenvalue weighted by Gasteiger charge is 2.52. The van der Waals surface area contributed by atoms with Crippen molar-refractivity contribution < 1.29 is 27.3 Å². The Morgan fingerprint density at radius 1 is 1.17 bits per heavy atom. The lowest BCUT2D eigenvalue weighted by molar-refractivity contribution is 0.00578. The quantitative estimate of drug-likeness (QED) is 0.867. The van der Waals surface area contributed by atoms with Crippen LogP contribution in [0.3, 0.4) is 0 Å². The molecule has 1 heterocycles. The number of benzene rings is 1. The fraction of sp³-hybridized carbons (Fsp3) is 0.533. The molecule has 0 unspecified atom stereocenters. The lowest BCUT2D eigenvalue weighted by Gasteiger charge is -2.32. The van der Waals surface area contributed by atoms with Gasteiger partial charge >= 0.3 is 7.12 Å². The van der Waals surface area contributed by atoms with Gasteiger partial charge in [-0.3, -0.25) is 4.79 Å². The minimum absolute atomic E-state index is 0.0751. The summed E-state index contributed by atoms with van der Waals surface area (Å²) in [7, 11) is 0.199. The molecule has 1 aliphatic rings. The third kappa shape index (κ3) is 3.10. The van der Waals surface area contributed by atoms with Crippen LogP contribution in [0.1, 0.15) is 50.0 Å². The first-order valence-corrected chi connectivity index (χ1v) is 7.19. The molecule has 1 fully saturated rings. The normalized spacial score (nSPS) is 19.3. The number of amides is 1. The molecular formula is C15H19BF3NO3. The van der Waals surface area contributed by atoms with E-state index in [4.69, 9.17) is 9.31 Å². The van der Waals surface area contributed by atoms with Crippen molar-refractivity contribution in [3.63, 3.8) is 0 Å². The maximum Gasteiger partial charge on any atom is 0.497 e. The largest absolute Gasteiger partial charge is 0.497 e. The van der Waals surface area contributed by atoms with Crippen molar-refractivity contribution in [3.05, 3.63) is 29.1 Å². The predicted octanol–water partition coefficient (Wildman–Crippen LogP) is 2.42. The Morgan fingerprint density at radius 2 is 1.70 bits per heavy atom. The van der Waals surface area contributed by atoms with Crippen LogP contribution >= 0.6 is 0 Å². The van der Waals surface area contributed by atoms with Crippen LogP contribution in [-0.4, -0.2) is 31.3 Å². The molecule has 1 amide bonds. The minimum atomic E-state index is -3.05.